The number of fused-ring (bicyclic) bond motifs is 1. The van der Waals surface area contributed by atoms with Crippen molar-refractivity contribution in [1.29, 1.82) is 0 Å². The Labute approximate surface area is 108 Å². The van der Waals surface area contributed by atoms with Gasteiger partial charge in [-0.15, -0.1) is 12.4 Å². The Morgan fingerprint density at radius 1 is 1.12 bits per heavy atom. The average molecular weight is 256 g/mol. The van der Waals surface area contributed by atoms with Crippen molar-refractivity contribution in [2.75, 3.05) is 13.2 Å². The molecule has 1 aliphatic carbocycles. The van der Waals surface area contributed by atoms with Crippen molar-refractivity contribution in [1.82, 2.24) is 0 Å². The normalized spacial score (nSPS) is 20.1. The summed E-state index contributed by atoms with van der Waals surface area (Å²) < 4.78 is 11.1. The van der Waals surface area contributed by atoms with E-state index in [0.29, 0.717) is 19.1 Å². The molecule has 17 heavy (non-hydrogen) atoms. The second kappa shape index (κ2) is 5.15. The van der Waals surface area contributed by atoms with E-state index < -0.39 is 0 Å². The maximum Gasteiger partial charge on any atom is 0.161 e. The zero-order valence-corrected chi connectivity index (χ0v) is 10.5. The van der Waals surface area contributed by atoms with Gasteiger partial charge in [-0.3, -0.25) is 0 Å². The Kier molecular flexibility index (Phi) is 3.79. The van der Waals surface area contributed by atoms with Crippen LogP contribution in [0.4, 0.5) is 0 Å². The number of hydrogen-bond donors (Lipinski definition) is 1. The van der Waals surface area contributed by atoms with Crippen LogP contribution in [0.2, 0.25) is 0 Å². The van der Waals surface area contributed by atoms with E-state index in [1.165, 1.54) is 24.8 Å². The summed E-state index contributed by atoms with van der Waals surface area (Å²) in [5.41, 5.74) is 7.41. The topological polar surface area (TPSA) is 44.5 Å². The number of nitrogens with two attached hydrogens (primary N) is 1. The van der Waals surface area contributed by atoms with Crippen molar-refractivity contribution in [3.8, 4) is 11.5 Å². The first-order valence-electron chi connectivity index (χ1n) is 6.00. The Bertz CT molecular complexity index is 393. The smallest absolute Gasteiger partial charge is 0.161 e. The molecule has 0 amide bonds. The zero-order chi connectivity index (χ0) is 11.0. The Morgan fingerprint density at radius 2 is 1.82 bits per heavy atom. The molecule has 1 heterocycles. The quantitative estimate of drug-likeness (QED) is 0.884. The highest BCUT2D eigenvalue weighted by Gasteiger charge is 2.26. The van der Waals surface area contributed by atoms with Crippen molar-refractivity contribution < 1.29 is 9.47 Å². The third-order valence-electron chi connectivity index (χ3n) is 3.61. The molecule has 1 aliphatic heterocycles. The van der Waals surface area contributed by atoms with E-state index in [1.807, 2.05) is 12.1 Å². The molecule has 1 aromatic rings. The van der Waals surface area contributed by atoms with Crippen LogP contribution in [0.15, 0.2) is 18.2 Å². The summed E-state index contributed by atoms with van der Waals surface area (Å²) in [5.74, 6) is 2.34. The average Bonchev–Trinajstić information content (AvgIpc) is 2.26. The monoisotopic (exact) mass is 255 g/mol. The molecule has 94 valence electrons. The summed E-state index contributed by atoms with van der Waals surface area (Å²) in [4.78, 5) is 0. The summed E-state index contributed by atoms with van der Waals surface area (Å²) >= 11 is 0. The Balaban J connectivity index is 0.00000108. The molecule has 1 aromatic carbocycles. The Morgan fingerprint density at radius 3 is 2.47 bits per heavy atom. The van der Waals surface area contributed by atoms with Crippen LogP contribution in [0, 0.1) is 5.92 Å². The number of ether oxygens (including phenoxy) is 2. The molecular formula is C13H18ClNO2. The molecule has 0 radical (unpaired) electrons. The minimum absolute atomic E-state index is 0. The fourth-order valence-electron chi connectivity index (χ4n) is 2.34. The molecule has 1 fully saturated rings. The van der Waals surface area contributed by atoms with Gasteiger partial charge >= 0.3 is 0 Å². The fraction of sp³-hybridized carbons (Fsp3) is 0.538. The molecule has 4 heteroatoms. The molecule has 0 aromatic heterocycles. The number of hydrogen-bond acceptors (Lipinski definition) is 3. The van der Waals surface area contributed by atoms with Crippen molar-refractivity contribution in [2.24, 2.45) is 11.7 Å². The molecular weight excluding hydrogens is 238 g/mol. The van der Waals surface area contributed by atoms with Gasteiger partial charge < -0.3 is 15.2 Å². The van der Waals surface area contributed by atoms with Gasteiger partial charge in [0.2, 0.25) is 0 Å². The molecule has 1 atom stereocenters. The SMILES string of the molecule is Cl.N[C@H](c1ccc2c(c1)OCCO2)C1CCC1. The molecule has 2 N–H and O–H groups in total. The summed E-state index contributed by atoms with van der Waals surface area (Å²) in [7, 11) is 0. The predicted molar refractivity (Wildman–Crippen MR) is 68.9 cm³/mol. The van der Waals surface area contributed by atoms with Crippen LogP contribution in [0.25, 0.3) is 0 Å². The largest absolute Gasteiger partial charge is 0.486 e. The molecule has 0 unspecified atom stereocenters. The first-order valence-corrected chi connectivity index (χ1v) is 6.00. The van der Waals surface area contributed by atoms with E-state index in [-0.39, 0.29) is 18.4 Å². The maximum atomic E-state index is 6.24. The second-order valence-electron chi connectivity index (χ2n) is 4.62. The van der Waals surface area contributed by atoms with Crippen molar-refractivity contribution in [2.45, 2.75) is 25.3 Å². The minimum atomic E-state index is 0. The van der Waals surface area contributed by atoms with Gasteiger partial charge in [0.05, 0.1) is 0 Å². The minimum Gasteiger partial charge on any atom is -0.486 e. The van der Waals surface area contributed by atoms with Crippen LogP contribution < -0.4 is 15.2 Å². The van der Waals surface area contributed by atoms with E-state index in [4.69, 9.17) is 15.2 Å². The first kappa shape index (κ1) is 12.5. The van der Waals surface area contributed by atoms with Gasteiger partial charge in [-0.1, -0.05) is 12.5 Å². The van der Waals surface area contributed by atoms with Crippen LogP contribution in [-0.2, 0) is 0 Å². The van der Waals surface area contributed by atoms with Gasteiger partial charge in [-0.25, -0.2) is 0 Å². The highest BCUT2D eigenvalue weighted by atomic mass is 35.5. The van der Waals surface area contributed by atoms with Gasteiger partial charge in [0.25, 0.3) is 0 Å². The fourth-order valence-corrected chi connectivity index (χ4v) is 2.34. The Hall–Kier alpha value is -0.930. The molecule has 3 rings (SSSR count). The van der Waals surface area contributed by atoms with Gasteiger partial charge in [-0.2, -0.15) is 0 Å². The standard InChI is InChI=1S/C13H17NO2.ClH/c14-13(9-2-1-3-9)10-4-5-11-12(8-10)16-7-6-15-11;/h4-5,8-9,13H,1-3,6-7,14H2;1H/t13-;/m0./s1. The third-order valence-corrected chi connectivity index (χ3v) is 3.61. The van der Waals surface area contributed by atoms with E-state index >= 15 is 0 Å². The maximum absolute atomic E-state index is 6.24. The third kappa shape index (κ3) is 2.35. The van der Waals surface area contributed by atoms with Crippen LogP contribution in [0.5, 0.6) is 11.5 Å². The molecule has 0 bridgehead atoms. The highest BCUT2D eigenvalue weighted by molar-refractivity contribution is 5.85. The predicted octanol–water partition coefficient (Wildman–Crippen LogP) is 2.68. The lowest BCUT2D eigenvalue weighted by atomic mass is 9.77. The van der Waals surface area contributed by atoms with Crippen LogP contribution >= 0.6 is 12.4 Å². The van der Waals surface area contributed by atoms with Gasteiger partial charge in [0.1, 0.15) is 13.2 Å². The van der Waals surface area contributed by atoms with Crippen molar-refractivity contribution >= 4 is 12.4 Å². The number of benzene rings is 1. The lowest BCUT2D eigenvalue weighted by Gasteiger charge is -2.32. The van der Waals surface area contributed by atoms with E-state index in [1.54, 1.807) is 0 Å². The lowest BCUT2D eigenvalue weighted by Crippen LogP contribution is -2.27. The lowest BCUT2D eigenvalue weighted by molar-refractivity contribution is 0.171. The van der Waals surface area contributed by atoms with Crippen LogP contribution in [0.1, 0.15) is 30.9 Å². The van der Waals surface area contributed by atoms with Gasteiger partial charge in [-0.05, 0) is 36.5 Å². The molecule has 2 aliphatic rings. The summed E-state index contributed by atoms with van der Waals surface area (Å²) in [6.07, 6.45) is 3.84. The van der Waals surface area contributed by atoms with Crippen LogP contribution in [-0.4, -0.2) is 13.2 Å². The summed E-state index contributed by atoms with van der Waals surface area (Å²) in [6.45, 7) is 1.27. The van der Waals surface area contributed by atoms with Crippen molar-refractivity contribution in [3.63, 3.8) is 0 Å². The van der Waals surface area contributed by atoms with E-state index in [9.17, 15) is 0 Å². The number of halogens is 1. The van der Waals surface area contributed by atoms with Crippen molar-refractivity contribution in [3.05, 3.63) is 23.8 Å². The van der Waals surface area contributed by atoms with Gasteiger partial charge in [0.15, 0.2) is 11.5 Å². The van der Waals surface area contributed by atoms with E-state index in [2.05, 4.69) is 6.07 Å². The molecule has 3 nitrogen and oxygen atoms in total. The molecule has 0 saturated heterocycles. The van der Waals surface area contributed by atoms with Gasteiger partial charge in [0, 0.05) is 6.04 Å². The first-order chi connectivity index (χ1) is 7.84. The number of rotatable bonds is 2. The second-order valence-corrected chi connectivity index (χ2v) is 4.62. The van der Waals surface area contributed by atoms with E-state index in [0.717, 1.165) is 11.5 Å². The molecule has 1 saturated carbocycles. The zero-order valence-electron chi connectivity index (χ0n) is 9.72. The highest BCUT2D eigenvalue weighted by Crippen LogP contribution is 2.39. The molecule has 0 spiro atoms. The van der Waals surface area contributed by atoms with Crippen LogP contribution in [0.3, 0.4) is 0 Å². The summed E-state index contributed by atoms with van der Waals surface area (Å²) in [5, 5.41) is 0. The summed E-state index contributed by atoms with van der Waals surface area (Å²) in [6, 6.07) is 6.24.